The molecular formula is C35H47N3O7. The van der Waals surface area contributed by atoms with E-state index >= 15 is 0 Å². The quantitative estimate of drug-likeness (QED) is 0.233. The van der Waals surface area contributed by atoms with Crippen molar-refractivity contribution in [2.75, 3.05) is 26.2 Å². The Labute approximate surface area is 265 Å². The molecule has 0 bridgehead atoms. The smallest absolute Gasteiger partial charge is 0.313 e. The molecule has 5 rings (SSSR count). The monoisotopic (exact) mass is 621 g/mol. The molecule has 0 saturated carbocycles. The molecule has 244 valence electrons. The Hall–Kier alpha value is -3.50. The Morgan fingerprint density at radius 2 is 1.82 bits per heavy atom. The Morgan fingerprint density at radius 3 is 2.58 bits per heavy atom. The molecule has 4 heterocycles. The van der Waals surface area contributed by atoms with Crippen LogP contribution in [0.1, 0.15) is 76.9 Å². The number of ether oxygens (including phenoxy) is 2. The number of rotatable bonds is 10. The van der Waals surface area contributed by atoms with Crippen LogP contribution < -0.4 is 5.32 Å². The van der Waals surface area contributed by atoms with E-state index in [1.807, 2.05) is 60.4 Å². The van der Waals surface area contributed by atoms with Gasteiger partial charge in [-0.1, -0.05) is 80.8 Å². The maximum absolute atomic E-state index is 14.5. The minimum absolute atomic E-state index is 0.0287. The highest BCUT2D eigenvalue weighted by Crippen LogP contribution is 2.53. The first-order valence-corrected chi connectivity index (χ1v) is 16.6. The average molecular weight is 622 g/mol. The van der Waals surface area contributed by atoms with E-state index in [1.54, 1.807) is 11.0 Å². The highest BCUT2D eigenvalue weighted by Gasteiger charge is 2.71. The third kappa shape index (κ3) is 6.72. The number of aliphatic hydroxyl groups is 1. The normalized spacial score (nSPS) is 31.6. The van der Waals surface area contributed by atoms with Gasteiger partial charge in [0, 0.05) is 32.2 Å². The third-order valence-corrected chi connectivity index (χ3v) is 9.62. The number of unbranched alkanes of at least 4 members (excludes halogenated alkanes) is 3. The van der Waals surface area contributed by atoms with E-state index < -0.39 is 41.7 Å². The Bertz CT molecular complexity index is 1280. The van der Waals surface area contributed by atoms with Crippen molar-refractivity contribution in [3.05, 3.63) is 60.2 Å². The van der Waals surface area contributed by atoms with Gasteiger partial charge in [-0.15, -0.1) is 0 Å². The highest BCUT2D eigenvalue weighted by molar-refractivity contribution is 5.99. The molecule has 0 aliphatic carbocycles. The fourth-order valence-electron chi connectivity index (χ4n) is 7.38. The number of esters is 1. The molecule has 0 aromatic heterocycles. The van der Waals surface area contributed by atoms with Crippen LogP contribution in [-0.2, 0) is 28.7 Å². The maximum Gasteiger partial charge on any atom is 0.313 e. The van der Waals surface area contributed by atoms with Crippen molar-refractivity contribution in [2.45, 2.75) is 95.1 Å². The average Bonchev–Trinajstić information content (AvgIpc) is 3.41. The summed E-state index contributed by atoms with van der Waals surface area (Å²) in [5.41, 5.74) is -0.607. The summed E-state index contributed by atoms with van der Waals surface area (Å²) < 4.78 is 12.9. The third-order valence-electron chi connectivity index (χ3n) is 9.62. The van der Waals surface area contributed by atoms with Gasteiger partial charge in [-0.05, 0) is 38.2 Å². The van der Waals surface area contributed by atoms with Crippen molar-refractivity contribution in [1.82, 2.24) is 15.1 Å². The maximum atomic E-state index is 14.5. The van der Waals surface area contributed by atoms with Crippen molar-refractivity contribution in [1.29, 1.82) is 0 Å². The zero-order chi connectivity index (χ0) is 32.0. The number of fused-ring (bicyclic) bond motifs is 2. The number of nitrogens with one attached hydrogen (secondary N) is 1. The van der Waals surface area contributed by atoms with Crippen LogP contribution in [0.5, 0.6) is 0 Å². The molecule has 2 fully saturated rings. The topological polar surface area (TPSA) is 125 Å². The molecule has 10 nitrogen and oxygen atoms in total. The minimum atomic E-state index is -1.34. The lowest BCUT2D eigenvalue weighted by Gasteiger charge is -2.37. The number of hydrogen-bond donors (Lipinski definition) is 2. The first-order chi connectivity index (χ1) is 21.8. The van der Waals surface area contributed by atoms with Crippen LogP contribution in [0.2, 0.25) is 0 Å². The van der Waals surface area contributed by atoms with Crippen molar-refractivity contribution in [3.63, 3.8) is 0 Å². The number of allylic oxidation sites excluding steroid dienone is 1. The van der Waals surface area contributed by atoms with Gasteiger partial charge in [0.25, 0.3) is 0 Å². The largest absolute Gasteiger partial charge is 0.455 e. The summed E-state index contributed by atoms with van der Waals surface area (Å²) in [4.78, 5) is 59.2. The van der Waals surface area contributed by atoms with Gasteiger partial charge >= 0.3 is 5.97 Å². The number of aliphatic hydroxyl groups excluding tert-OH is 1. The van der Waals surface area contributed by atoms with Crippen LogP contribution in [0.4, 0.5) is 0 Å². The van der Waals surface area contributed by atoms with Gasteiger partial charge in [0.05, 0.1) is 18.6 Å². The second kappa shape index (κ2) is 14.7. The second-order valence-corrected chi connectivity index (χ2v) is 12.6. The number of nitrogens with zero attached hydrogens (tertiary/aromatic N) is 2. The second-order valence-electron chi connectivity index (χ2n) is 12.6. The highest BCUT2D eigenvalue weighted by atomic mass is 16.6. The van der Waals surface area contributed by atoms with E-state index in [1.165, 1.54) is 0 Å². The number of cyclic esters (lactones) is 1. The summed E-state index contributed by atoms with van der Waals surface area (Å²) in [6.07, 6.45) is 11.2. The first-order valence-electron chi connectivity index (χ1n) is 16.6. The first kappa shape index (κ1) is 32.9. The summed E-state index contributed by atoms with van der Waals surface area (Å²) in [7, 11) is 0. The summed E-state index contributed by atoms with van der Waals surface area (Å²) >= 11 is 0. The van der Waals surface area contributed by atoms with E-state index in [4.69, 9.17) is 9.47 Å². The molecule has 0 radical (unpaired) electrons. The van der Waals surface area contributed by atoms with Gasteiger partial charge in [0.1, 0.15) is 23.7 Å². The summed E-state index contributed by atoms with van der Waals surface area (Å²) in [6.45, 7) is 5.08. The Balaban J connectivity index is 1.53. The molecule has 1 aromatic rings. The van der Waals surface area contributed by atoms with E-state index in [0.717, 1.165) is 31.2 Å². The number of benzene rings is 1. The van der Waals surface area contributed by atoms with E-state index in [-0.39, 0.29) is 43.3 Å². The molecule has 2 N–H and O–H groups in total. The van der Waals surface area contributed by atoms with Crippen LogP contribution in [0.15, 0.2) is 54.6 Å². The lowest BCUT2D eigenvalue weighted by Crippen LogP contribution is -2.56. The van der Waals surface area contributed by atoms with Crippen molar-refractivity contribution >= 4 is 23.7 Å². The number of amides is 3. The summed E-state index contributed by atoms with van der Waals surface area (Å²) in [5, 5.41) is 12.1. The number of carbonyl (C=O) groups is 4. The van der Waals surface area contributed by atoms with Gasteiger partial charge in [-0.3, -0.25) is 19.2 Å². The van der Waals surface area contributed by atoms with Crippen LogP contribution in [0, 0.1) is 11.8 Å². The van der Waals surface area contributed by atoms with Crippen molar-refractivity contribution in [3.8, 4) is 0 Å². The molecule has 2 saturated heterocycles. The Morgan fingerprint density at radius 1 is 1.04 bits per heavy atom. The molecule has 10 heteroatoms. The SMILES string of the molecule is CCCC(C)N1CC=C[C@@]23O[C@H]4/C=C\CCC(=O)NC[C@H](c5ccccc5)OC(=O)[C@H]4[C@@H]2C(=O)N(CCCCCCO)[C@H]3C1=O. The predicted octanol–water partition coefficient (Wildman–Crippen LogP) is 3.46. The van der Waals surface area contributed by atoms with E-state index in [0.29, 0.717) is 32.4 Å². The molecule has 45 heavy (non-hydrogen) atoms. The standard InChI is InChI=1S/C35H47N3O7/c1-3-14-24(2)37-21-13-19-35-30(32(41)38(31(35)33(37)42)20-11-4-5-12-22-39)29-26(45-35)17-9-10-18-28(40)36-23-27(44-34(29)43)25-15-7-6-8-16-25/h6-9,13,15-17,19,24,26-27,29-31,39H,3-5,10-12,14,18,20-23H2,1-2H3,(H,36,40)/b17-9-/t24?,26-,27+,29+,30+,31-,35+/m0/s1. The molecule has 1 unspecified atom stereocenters. The fourth-order valence-corrected chi connectivity index (χ4v) is 7.38. The van der Waals surface area contributed by atoms with Crippen molar-refractivity contribution < 1.29 is 33.8 Å². The van der Waals surface area contributed by atoms with Gasteiger partial charge < -0.3 is 29.7 Å². The number of carbonyl (C=O) groups excluding carboxylic acids is 4. The van der Waals surface area contributed by atoms with E-state index in [2.05, 4.69) is 12.2 Å². The lowest BCUT2D eigenvalue weighted by molar-refractivity contribution is -0.160. The van der Waals surface area contributed by atoms with Gasteiger partial charge in [-0.2, -0.15) is 0 Å². The van der Waals surface area contributed by atoms with Crippen LogP contribution >= 0.6 is 0 Å². The van der Waals surface area contributed by atoms with Gasteiger partial charge in [0.15, 0.2) is 0 Å². The van der Waals surface area contributed by atoms with Crippen molar-refractivity contribution in [2.24, 2.45) is 11.8 Å². The van der Waals surface area contributed by atoms with Crippen LogP contribution in [0.25, 0.3) is 0 Å². The zero-order valence-corrected chi connectivity index (χ0v) is 26.4. The molecule has 7 atom stereocenters. The lowest BCUT2D eigenvalue weighted by atomic mass is 9.77. The molecule has 4 aliphatic rings. The van der Waals surface area contributed by atoms with Gasteiger partial charge in [-0.25, -0.2) is 0 Å². The molecular weight excluding hydrogens is 574 g/mol. The zero-order valence-electron chi connectivity index (χ0n) is 26.4. The van der Waals surface area contributed by atoms with Gasteiger partial charge in [0.2, 0.25) is 17.7 Å². The molecule has 1 aromatic carbocycles. The van der Waals surface area contributed by atoms with Crippen LogP contribution in [-0.4, -0.2) is 88.6 Å². The molecule has 1 spiro atoms. The van der Waals surface area contributed by atoms with E-state index in [9.17, 15) is 24.3 Å². The summed E-state index contributed by atoms with van der Waals surface area (Å²) in [6, 6.07) is 8.29. The predicted molar refractivity (Wildman–Crippen MR) is 168 cm³/mol. The number of hydrogen-bond acceptors (Lipinski definition) is 7. The fraction of sp³-hybridized carbons (Fsp3) is 0.600. The summed E-state index contributed by atoms with van der Waals surface area (Å²) in [5.74, 6) is -3.11. The molecule has 3 amide bonds. The van der Waals surface area contributed by atoms with Crippen LogP contribution in [0.3, 0.4) is 0 Å². The minimum Gasteiger partial charge on any atom is -0.455 e. The Kier molecular flexibility index (Phi) is 10.8. The number of likely N-dealkylation sites (tertiary alicyclic amines) is 1. The molecule has 4 aliphatic heterocycles.